The summed E-state index contributed by atoms with van der Waals surface area (Å²) >= 11 is 0. The third-order valence-electron chi connectivity index (χ3n) is 1.96. The van der Waals surface area contributed by atoms with Gasteiger partial charge in [0.15, 0.2) is 18.2 Å². The molecule has 0 saturated carbocycles. The minimum absolute atomic E-state index is 0.0845. The first-order valence-electron chi connectivity index (χ1n) is 4.97. The summed E-state index contributed by atoms with van der Waals surface area (Å²) in [5.74, 6) is -2.26. The van der Waals surface area contributed by atoms with E-state index in [1.54, 1.807) is 0 Å². The Morgan fingerprint density at radius 3 is 2.72 bits per heavy atom. The minimum atomic E-state index is -1.20. The van der Waals surface area contributed by atoms with Crippen LogP contribution in [0.1, 0.15) is 5.56 Å². The van der Waals surface area contributed by atoms with E-state index < -0.39 is 24.3 Å². The number of methoxy groups -OCH3 is 1. The van der Waals surface area contributed by atoms with E-state index in [-0.39, 0.29) is 12.2 Å². The molecule has 0 spiro atoms. The number of carbonyl (C=O) groups is 2. The average molecular weight is 257 g/mol. The van der Waals surface area contributed by atoms with Crippen LogP contribution in [0, 0.1) is 5.82 Å². The fourth-order valence-electron chi connectivity index (χ4n) is 1.22. The number of hydrogen-bond donors (Lipinski definition) is 2. The zero-order valence-electron chi connectivity index (χ0n) is 9.60. The van der Waals surface area contributed by atoms with Crippen LogP contribution in [0.2, 0.25) is 0 Å². The summed E-state index contributed by atoms with van der Waals surface area (Å²) in [6.07, 6.45) is -0.124. The van der Waals surface area contributed by atoms with Crippen LogP contribution < -0.4 is 10.2 Å². The highest BCUT2D eigenvalue weighted by atomic mass is 19.1. The van der Waals surface area contributed by atoms with Crippen molar-refractivity contribution in [1.82, 2.24) is 5.48 Å². The predicted octanol–water partition coefficient (Wildman–Crippen LogP) is 0.509. The molecule has 0 aromatic heterocycles. The van der Waals surface area contributed by atoms with Crippen LogP contribution in [0.15, 0.2) is 18.2 Å². The van der Waals surface area contributed by atoms with E-state index in [4.69, 9.17) is 9.84 Å². The van der Waals surface area contributed by atoms with Gasteiger partial charge in [0.1, 0.15) is 0 Å². The van der Waals surface area contributed by atoms with Gasteiger partial charge in [-0.2, -0.15) is 0 Å². The largest absolute Gasteiger partial charge is 0.494 e. The Bertz CT molecular complexity index is 449. The molecule has 1 rings (SSSR count). The van der Waals surface area contributed by atoms with Gasteiger partial charge in [-0.3, -0.25) is 9.63 Å². The highest BCUT2D eigenvalue weighted by Crippen LogP contribution is 2.17. The Hall–Kier alpha value is -2.15. The van der Waals surface area contributed by atoms with Gasteiger partial charge < -0.3 is 9.84 Å². The lowest BCUT2D eigenvalue weighted by atomic mass is 10.1. The van der Waals surface area contributed by atoms with Gasteiger partial charge >= 0.3 is 5.97 Å². The first-order chi connectivity index (χ1) is 8.52. The van der Waals surface area contributed by atoms with Crippen molar-refractivity contribution in [3.8, 4) is 5.75 Å². The van der Waals surface area contributed by atoms with Crippen molar-refractivity contribution in [2.75, 3.05) is 13.7 Å². The molecule has 1 aromatic rings. The summed E-state index contributed by atoms with van der Waals surface area (Å²) in [4.78, 5) is 25.8. The number of amides is 1. The Morgan fingerprint density at radius 2 is 2.17 bits per heavy atom. The molecule has 0 heterocycles. The van der Waals surface area contributed by atoms with Crippen molar-refractivity contribution >= 4 is 11.9 Å². The molecule has 18 heavy (non-hydrogen) atoms. The van der Waals surface area contributed by atoms with Crippen LogP contribution in [0.25, 0.3) is 0 Å². The number of hydroxylamine groups is 1. The number of nitrogens with one attached hydrogen (secondary N) is 1. The molecule has 0 aliphatic rings. The molecule has 1 amide bonds. The van der Waals surface area contributed by atoms with Crippen LogP contribution in [-0.2, 0) is 20.8 Å². The lowest BCUT2D eigenvalue weighted by molar-refractivity contribution is -0.149. The molecule has 98 valence electrons. The van der Waals surface area contributed by atoms with Crippen LogP contribution in [0.5, 0.6) is 5.75 Å². The number of aliphatic carboxylic acids is 1. The maximum atomic E-state index is 13.3. The van der Waals surface area contributed by atoms with Gasteiger partial charge in [-0.25, -0.2) is 14.7 Å². The standard InChI is InChI=1S/C11H12FNO5/c1-17-9-3-2-7(4-8(9)12)5-10(14)13-18-6-11(15)16/h2-4H,5-6H2,1H3,(H,13,14)(H,15,16). The molecule has 1 aromatic carbocycles. The third-order valence-corrected chi connectivity index (χ3v) is 1.96. The number of halogens is 1. The Kier molecular flexibility index (Phi) is 5.06. The van der Waals surface area contributed by atoms with Crippen LogP contribution in [-0.4, -0.2) is 30.7 Å². The quantitative estimate of drug-likeness (QED) is 0.725. The number of hydrogen-bond acceptors (Lipinski definition) is 4. The molecule has 0 radical (unpaired) electrons. The first-order valence-corrected chi connectivity index (χ1v) is 4.97. The van der Waals surface area contributed by atoms with Gasteiger partial charge in [0.2, 0.25) is 5.91 Å². The summed E-state index contributed by atoms with van der Waals surface area (Å²) in [6, 6.07) is 4.09. The maximum Gasteiger partial charge on any atom is 0.332 e. The first kappa shape index (κ1) is 13.9. The SMILES string of the molecule is COc1ccc(CC(=O)NOCC(=O)O)cc1F. The molecular weight excluding hydrogens is 245 g/mol. The topological polar surface area (TPSA) is 84.9 Å². The molecule has 0 saturated heterocycles. The molecule has 7 heteroatoms. The minimum Gasteiger partial charge on any atom is -0.494 e. The van der Waals surface area contributed by atoms with E-state index in [0.717, 1.165) is 6.07 Å². The van der Waals surface area contributed by atoms with Gasteiger partial charge in [-0.15, -0.1) is 0 Å². The van der Waals surface area contributed by atoms with Crippen molar-refractivity contribution in [2.24, 2.45) is 0 Å². The van der Waals surface area contributed by atoms with E-state index in [9.17, 15) is 14.0 Å². The highest BCUT2D eigenvalue weighted by molar-refractivity contribution is 5.77. The highest BCUT2D eigenvalue weighted by Gasteiger charge is 2.08. The molecule has 0 unspecified atom stereocenters. The molecule has 6 nitrogen and oxygen atoms in total. The lowest BCUT2D eigenvalue weighted by Crippen LogP contribution is -2.27. The average Bonchev–Trinajstić information content (AvgIpc) is 2.28. The Morgan fingerprint density at radius 1 is 1.44 bits per heavy atom. The van der Waals surface area contributed by atoms with Gasteiger partial charge in [0, 0.05) is 0 Å². The number of rotatable bonds is 6. The zero-order valence-corrected chi connectivity index (χ0v) is 9.60. The van der Waals surface area contributed by atoms with Crippen molar-refractivity contribution in [1.29, 1.82) is 0 Å². The molecule has 0 aliphatic heterocycles. The summed E-state index contributed by atoms with van der Waals surface area (Å²) in [5.41, 5.74) is 2.36. The van der Waals surface area contributed by atoms with Crippen molar-refractivity contribution in [2.45, 2.75) is 6.42 Å². The molecule has 0 fully saturated rings. The smallest absolute Gasteiger partial charge is 0.332 e. The van der Waals surface area contributed by atoms with E-state index in [0.29, 0.717) is 5.56 Å². The number of carboxylic acid groups (broad SMARTS) is 1. The van der Waals surface area contributed by atoms with Crippen molar-refractivity contribution in [3.63, 3.8) is 0 Å². The van der Waals surface area contributed by atoms with E-state index in [1.807, 2.05) is 5.48 Å². The molecule has 0 atom stereocenters. The van der Waals surface area contributed by atoms with Gasteiger partial charge in [0.25, 0.3) is 0 Å². The molecular formula is C11H12FNO5. The van der Waals surface area contributed by atoms with E-state index in [1.165, 1.54) is 19.2 Å². The van der Waals surface area contributed by atoms with Crippen LogP contribution >= 0.6 is 0 Å². The number of carboxylic acids is 1. The second-order valence-electron chi connectivity index (χ2n) is 3.35. The molecule has 2 N–H and O–H groups in total. The summed E-state index contributed by atoms with van der Waals surface area (Å²) in [6.45, 7) is -0.636. The maximum absolute atomic E-state index is 13.3. The normalized spacial score (nSPS) is 9.89. The lowest BCUT2D eigenvalue weighted by Gasteiger charge is -2.06. The molecule has 0 aliphatic carbocycles. The Balaban J connectivity index is 2.49. The summed E-state index contributed by atoms with van der Waals surface area (Å²) < 4.78 is 18.0. The second-order valence-corrected chi connectivity index (χ2v) is 3.35. The Labute approximate surface area is 102 Å². The third kappa shape index (κ3) is 4.38. The molecule has 0 bridgehead atoms. The summed E-state index contributed by atoms with van der Waals surface area (Å²) in [5, 5.41) is 8.27. The van der Waals surface area contributed by atoms with Gasteiger partial charge in [-0.05, 0) is 17.7 Å². The van der Waals surface area contributed by atoms with Crippen molar-refractivity contribution in [3.05, 3.63) is 29.6 Å². The summed E-state index contributed by atoms with van der Waals surface area (Å²) in [7, 11) is 1.34. The van der Waals surface area contributed by atoms with Crippen molar-refractivity contribution < 1.29 is 28.7 Å². The predicted molar refractivity (Wildman–Crippen MR) is 58.4 cm³/mol. The van der Waals surface area contributed by atoms with Crippen LogP contribution in [0.3, 0.4) is 0 Å². The number of ether oxygens (including phenoxy) is 1. The fraction of sp³-hybridized carbons (Fsp3) is 0.273. The second kappa shape index (κ2) is 6.55. The number of benzene rings is 1. The van der Waals surface area contributed by atoms with E-state index in [2.05, 4.69) is 4.84 Å². The zero-order chi connectivity index (χ0) is 13.5. The van der Waals surface area contributed by atoms with Gasteiger partial charge in [-0.1, -0.05) is 6.07 Å². The fourth-order valence-corrected chi connectivity index (χ4v) is 1.22. The van der Waals surface area contributed by atoms with Crippen LogP contribution in [0.4, 0.5) is 4.39 Å². The number of carbonyl (C=O) groups excluding carboxylic acids is 1. The van der Waals surface area contributed by atoms with E-state index >= 15 is 0 Å². The monoisotopic (exact) mass is 257 g/mol. The van der Waals surface area contributed by atoms with Gasteiger partial charge in [0.05, 0.1) is 13.5 Å².